The predicted molar refractivity (Wildman–Crippen MR) is 392 cm³/mol. The summed E-state index contributed by atoms with van der Waals surface area (Å²) in [5.41, 5.74) is 8.33. The van der Waals surface area contributed by atoms with Gasteiger partial charge in [0.1, 0.15) is 22.7 Å². The lowest BCUT2D eigenvalue weighted by atomic mass is 9.69. The molecule has 24 heteroatoms. The zero-order valence-corrected chi connectivity index (χ0v) is 61.6. The molecule has 3 aliphatic heterocycles. The molecular formula is C75H95N9O12S3. The van der Waals surface area contributed by atoms with E-state index in [1.807, 2.05) is 90.1 Å². The van der Waals surface area contributed by atoms with E-state index in [0.717, 1.165) is 93.1 Å². The van der Waals surface area contributed by atoms with Crippen molar-refractivity contribution in [3.05, 3.63) is 163 Å². The molecule has 3 aliphatic carbocycles. The zero-order valence-electron chi connectivity index (χ0n) is 59.2. The third-order valence-electron chi connectivity index (χ3n) is 18.7. The molecule has 12 rings (SSSR count). The highest BCUT2D eigenvalue weighted by Gasteiger charge is 2.51. The lowest BCUT2D eigenvalue weighted by molar-refractivity contribution is 0.0273. The Balaban J connectivity index is 0.000000162. The van der Waals surface area contributed by atoms with Crippen LogP contribution in [0.15, 0.2) is 128 Å². The van der Waals surface area contributed by atoms with Crippen molar-refractivity contribution in [3.8, 4) is 45.3 Å². The number of amides is 2. The molecule has 3 aromatic carbocycles. The van der Waals surface area contributed by atoms with Crippen LogP contribution < -0.4 is 31.5 Å². The fourth-order valence-corrected chi connectivity index (χ4v) is 17.1. The van der Waals surface area contributed by atoms with Crippen molar-refractivity contribution in [1.82, 2.24) is 43.8 Å². The highest BCUT2D eigenvalue weighted by Crippen LogP contribution is 2.50. The van der Waals surface area contributed by atoms with Gasteiger partial charge in [-0.15, -0.1) is 19.7 Å². The first-order valence-corrected chi connectivity index (χ1v) is 36.6. The fourth-order valence-electron chi connectivity index (χ4n) is 14.4. The number of nitrogens with zero attached hydrogens (tertiary/aromatic N) is 8. The van der Waals surface area contributed by atoms with Crippen LogP contribution in [0, 0.1) is 0 Å². The number of aromatic nitrogens is 6. The smallest absolute Gasteiger partial charge is 0.410 e. The summed E-state index contributed by atoms with van der Waals surface area (Å²) in [5, 5.41) is 5.48. The van der Waals surface area contributed by atoms with Crippen molar-refractivity contribution in [1.29, 1.82) is 0 Å². The van der Waals surface area contributed by atoms with E-state index in [2.05, 4.69) is 37.2 Å². The fraction of sp³-hybridized carbons (Fsp3) is 0.493. The summed E-state index contributed by atoms with van der Waals surface area (Å²) in [5.74, 6) is 3.69. The molecule has 99 heavy (non-hydrogen) atoms. The van der Waals surface area contributed by atoms with Crippen molar-refractivity contribution >= 4 is 47.5 Å². The number of allylic oxidation sites excluding steroid dienone is 3. The molecule has 3 saturated heterocycles. The highest BCUT2D eigenvalue weighted by atomic mass is 32.2. The minimum absolute atomic E-state index is 0.0506. The molecule has 3 spiro atoms. The number of thioether (sulfide) groups is 3. The Bertz CT molecular complexity index is 4190. The molecule has 3 unspecified atom stereocenters. The van der Waals surface area contributed by atoms with Crippen LogP contribution in [0.1, 0.15) is 94.2 Å². The molecule has 530 valence electrons. The topological polar surface area (TPSA) is 222 Å². The molecule has 2 amide bonds. The third-order valence-corrected chi connectivity index (χ3v) is 21.6. The molecule has 1 N–H and O–H groups in total. The first-order chi connectivity index (χ1) is 47.4. The lowest BCUT2D eigenvalue weighted by Gasteiger charge is -2.36. The van der Waals surface area contributed by atoms with E-state index in [9.17, 15) is 24.0 Å². The number of likely N-dealkylation sites (tertiary alicyclic amines) is 2. The van der Waals surface area contributed by atoms with E-state index in [1.54, 1.807) is 89.0 Å². The number of ether oxygens (including phenoxy) is 7. The monoisotopic (exact) mass is 1410 g/mol. The zero-order chi connectivity index (χ0) is 71.0. The second-order valence-electron chi connectivity index (χ2n) is 27.8. The number of rotatable bonds is 20. The summed E-state index contributed by atoms with van der Waals surface area (Å²) in [6, 6.07) is 20.1. The minimum atomic E-state index is -0.593. The first-order valence-electron chi connectivity index (χ1n) is 33.7. The summed E-state index contributed by atoms with van der Waals surface area (Å²) in [7, 11) is 8.32. The van der Waals surface area contributed by atoms with E-state index in [0.29, 0.717) is 130 Å². The van der Waals surface area contributed by atoms with Crippen LogP contribution in [0.5, 0.6) is 11.5 Å². The molecule has 3 atom stereocenters. The summed E-state index contributed by atoms with van der Waals surface area (Å²) < 4.78 is 43.0. The standard InChI is InChI=1S/C27H35N3O5S.C26H33N3O4S.C22H27N3O3S/c1-7-11-30-23(31)21-22(28-24(30)36-14-13-33-5)20-9-8-19(34-6)15-18(20)16-27(21)10-12-29(17-27)25(32)35-26(2,3)4;1-6-12-29-22(30)20-21(27-23(29)34-15-14-32-5)19-10-8-7-9-18(19)16-26(20)11-13-28(17-26)24(31)33-25(2,3)4;1-4-9-25-20(26)18-19(24-21(25)29-11-10-27-2)17-6-5-16(28-3)12-15(17)13-22(18)7-8-23-14-22/h7-9,15H,1,10-14,16-17H2,2-6H3;6-10H,1,11-17H2,2-5H3;4-6,12,23H,1,7-11,13-14H2,2-3H3. The van der Waals surface area contributed by atoms with Crippen LogP contribution in [0.3, 0.4) is 0 Å². The largest absolute Gasteiger partial charge is 0.497 e. The normalized spacial score (nSPS) is 19.1. The predicted octanol–water partition coefficient (Wildman–Crippen LogP) is 11.2. The van der Waals surface area contributed by atoms with Gasteiger partial charge < -0.3 is 48.3 Å². The molecule has 21 nitrogen and oxygen atoms in total. The van der Waals surface area contributed by atoms with Gasteiger partial charge in [0, 0.05) is 124 Å². The van der Waals surface area contributed by atoms with Gasteiger partial charge in [0.2, 0.25) is 0 Å². The summed E-state index contributed by atoms with van der Waals surface area (Å²) in [6.07, 6.45) is 8.90. The summed E-state index contributed by atoms with van der Waals surface area (Å²) in [6.45, 7) is 29.2. The minimum Gasteiger partial charge on any atom is -0.497 e. The summed E-state index contributed by atoms with van der Waals surface area (Å²) in [4.78, 5) is 86.3. The Labute approximate surface area is 593 Å². The molecule has 6 aliphatic rings. The molecule has 0 saturated carbocycles. The Morgan fingerprint density at radius 3 is 1.26 bits per heavy atom. The molecular weight excluding hydrogens is 1320 g/mol. The van der Waals surface area contributed by atoms with E-state index in [4.69, 9.17) is 48.1 Å². The van der Waals surface area contributed by atoms with Crippen LogP contribution in [0.25, 0.3) is 33.8 Å². The van der Waals surface area contributed by atoms with Crippen molar-refractivity contribution in [2.75, 3.05) is 112 Å². The SMILES string of the molecule is C=CCn1c(SCCOC)nc2c(c1=O)C1(CCN(C(=O)OC(C)(C)C)C1)Cc1cc(OC)ccc1-2.C=CCn1c(SCCOC)nc2c(c1=O)C1(CCN(C(=O)OC(C)(C)C)C1)Cc1ccccc1-2.C=CCn1c(SCCOC)nc2c(c1=O)C1(CCNC1)Cc1cc(OC)ccc1-2. The molecule has 0 bridgehead atoms. The number of hydrogen-bond donors (Lipinski definition) is 1. The second-order valence-corrected chi connectivity index (χ2v) is 31.0. The second kappa shape index (κ2) is 31.6. The van der Waals surface area contributed by atoms with Gasteiger partial charge >= 0.3 is 12.2 Å². The first kappa shape index (κ1) is 74.2. The van der Waals surface area contributed by atoms with Crippen molar-refractivity contribution in [3.63, 3.8) is 0 Å². The van der Waals surface area contributed by atoms with Crippen molar-refractivity contribution < 1.29 is 42.7 Å². The third kappa shape index (κ3) is 15.9. The van der Waals surface area contributed by atoms with Crippen LogP contribution in [0.4, 0.5) is 9.59 Å². The van der Waals surface area contributed by atoms with Gasteiger partial charge in [-0.3, -0.25) is 28.1 Å². The maximum absolute atomic E-state index is 14.1. The Morgan fingerprint density at radius 1 is 0.525 bits per heavy atom. The summed E-state index contributed by atoms with van der Waals surface area (Å²) >= 11 is 4.55. The highest BCUT2D eigenvalue weighted by molar-refractivity contribution is 7.99. The Hall–Kier alpha value is -7.45. The number of carbonyl (C=O) groups is 2. The molecule has 0 radical (unpaired) electrons. The number of nitrogens with one attached hydrogen (secondary N) is 1. The van der Waals surface area contributed by atoms with Crippen LogP contribution >= 0.6 is 35.3 Å². The maximum atomic E-state index is 14.1. The van der Waals surface area contributed by atoms with E-state index in [1.165, 1.54) is 29.1 Å². The number of carbonyl (C=O) groups excluding carboxylic acids is 2. The Kier molecular flexibility index (Phi) is 23.7. The molecule has 6 heterocycles. The van der Waals surface area contributed by atoms with Gasteiger partial charge in [-0.1, -0.05) is 77.8 Å². The number of benzene rings is 3. The van der Waals surface area contributed by atoms with Crippen LogP contribution in [-0.4, -0.2) is 174 Å². The van der Waals surface area contributed by atoms with Crippen LogP contribution in [0.2, 0.25) is 0 Å². The number of hydrogen-bond acceptors (Lipinski definition) is 19. The van der Waals surface area contributed by atoms with Crippen LogP contribution in [-0.2, 0) is 78.8 Å². The van der Waals surface area contributed by atoms with E-state index >= 15 is 0 Å². The molecule has 6 aromatic rings. The van der Waals surface area contributed by atoms with Gasteiger partial charge in [-0.25, -0.2) is 24.5 Å². The lowest BCUT2D eigenvalue weighted by Crippen LogP contribution is -2.45. The number of methoxy groups -OCH3 is 5. The maximum Gasteiger partial charge on any atom is 0.410 e. The van der Waals surface area contributed by atoms with Crippen molar-refractivity contribution in [2.24, 2.45) is 0 Å². The van der Waals surface area contributed by atoms with Gasteiger partial charge in [0.15, 0.2) is 15.5 Å². The van der Waals surface area contributed by atoms with Gasteiger partial charge in [-0.05, 0) is 140 Å². The average Bonchev–Trinajstić information content (AvgIpc) is 1.72. The molecule has 3 fully saturated rings. The van der Waals surface area contributed by atoms with E-state index in [-0.39, 0.29) is 34.3 Å². The van der Waals surface area contributed by atoms with Gasteiger partial charge in [0.05, 0.1) is 67.8 Å². The number of fused-ring (bicyclic) bond motifs is 12. The quantitative estimate of drug-likeness (QED) is 0.0325. The Morgan fingerprint density at radius 2 is 0.899 bits per heavy atom. The molecule has 3 aromatic heterocycles. The van der Waals surface area contributed by atoms with Gasteiger partial charge in [0.25, 0.3) is 16.7 Å². The van der Waals surface area contributed by atoms with Gasteiger partial charge in [-0.2, -0.15) is 0 Å². The van der Waals surface area contributed by atoms with E-state index < -0.39 is 22.0 Å². The average molecular weight is 1410 g/mol. The van der Waals surface area contributed by atoms with Crippen molar-refractivity contribution in [2.45, 2.75) is 143 Å².